The van der Waals surface area contributed by atoms with E-state index < -0.39 is 0 Å². The monoisotopic (exact) mass is 323 g/mol. The number of benzene rings is 1. The normalized spacial score (nSPS) is 13.8. The molecule has 0 amide bonds. The van der Waals surface area contributed by atoms with Crippen molar-refractivity contribution < 1.29 is 0 Å². The molecule has 0 saturated carbocycles. The van der Waals surface area contributed by atoms with Crippen molar-refractivity contribution in [1.82, 2.24) is 0 Å². The lowest BCUT2D eigenvalue weighted by Crippen LogP contribution is -2.13. The Morgan fingerprint density at radius 3 is 2.31 bits per heavy atom. The van der Waals surface area contributed by atoms with Crippen molar-refractivity contribution in [3.05, 3.63) is 35.9 Å². The highest BCUT2D eigenvalue weighted by Crippen LogP contribution is 2.61. The van der Waals surface area contributed by atoms with E-state index in [1.807, 2.05) is 6.07 Å². The quantitative estimate of drug-likeness (QED) is 0.436. The summed E-state index contributed by atoms with van der Waals surface area (Å²) < 4.78 is 0. The highest BCUT2D eigenvalue weighted by atomic mass is 127. The zero-order valence-corrected chi connectivity index (χ0v) is 11.5. The Balaban J connectivity index is 2.93. The molecule has 1 atom stereocenters. The van der Waals surface area contributed by atoms with Gasteiger partial charge < -0.3 is 0 Å². The van der Waals surface area contributed by atoms with Crippen LogP contribution < -0.4 is 0 Å². The van der Waals surface area contributed by atoms with Crippen LogP contribution in [0.5, 0.6) is 0 Å². The molecular formula is C9H11BClIP. The molecule has 13 heavy (non-hydrogen) atoms. The highest BCUT2D eigenvalue weighted by molar-refractivity contribution is 14.2. The minimum Gasteiger partial charge on any atom is -0.196 e. The molecule has 1 unspecified atom stereocenters. The van der Waals surface area contributed by atoms with Gasteiger partial charge in [0, 0.05) is 5.16 Å². The molecule has 0 aliphatic carbocycles. The van der Waals surface area contributed by atoms with E-state index in [0.717, 1.165) is 0 Å². The molecule has 0 aromatic heterocycles. The Bertz CT molecular complexity index is 266. The third-order valence-corrected chi connectivity index (χ3v) is 9.62. The average molecular weight is 323 g/mol. The van der Waals surface area contributed by atoms with E-state index in [2.05, 4.69) is 60.2 Å². The molecule has 0 bridgehead atoms. The van der Waals surface area contributed by atoms with Crippen molar-refractivity contribution in [3.8, 4) is 0 Å². The number of rotatable bonds is 3. The maximum atomic E-state index is 5.78. The van der Waals surface area contributed by atoms with Crippen LogP contribution in [0.15, 0.2) is 30.3 Å². The minimum absolute atomic E-state index is 0.166. The molecule has 1 radical (unpaired) electrons. The average Bonchev–Trinajstić information content (AvgIpc) is 2.18. The molecule has 69 valence electrons. The van der Waals surface area contributed by atoms with Gasteiger partial charge in [0.2, 0.25) is 0 Å². The molecular weight excluding hydrogens is 312 g/mol. The molecule has 1 aromatic carbocycles. The van der Waals surface area contributed by atoms with Gasteiger partial charge in [-0.05, 0) is 5.56 Å². The fourth-order valence-electron chi connectivity index (χ4n) is 1.09. The fourth-order valence-corrected chi connectivity index (χ4v) is 3.30. The number of halogens is 2. The summed E-state index contributed by atoms with van der Waals surface area (Å²) in [5, 5.41) is 0.166. The first kappa shape index (κ1) is 11.8. The number of hydrogen-bond acceptors (Lipinski definition) is 0. The van der Waals surface area contributed by atoms with Gasteiger partial charge in [-0.2, -0.15) is 11.5 Å². The van der Waals surface area contributed by atoms with Gasteiger partial charge in [0.15, 0.2) is 0 Å². The summed E-state index contributed by atoms with van der Waals surface area (Å²) in [5.74, 6) is 0. The van der Waals surface area contributed by atoms with Gasteiger partial charge in [-0.15, -0.1) is 0 Å². The zero-order chi connectivity index (χ0) is 9.90. The second-order valence-corrected chi connectivity index (χ2v) is 8.97. The van der Waals surface area contributed by atoms with E-state index in [0.29, 0.717) is 0 Å². The summed E-state index contributed by atoms with van der Waals surface area (Å²) in [4.78, 5) is 0. The summed E-state index contributed by atoms with van der Waals surface area (Å²) in [6.45, 7) is 4.47. The number of hydrogen-bond donors (Lipinski definition) is 0. The van der Waals surface area contributed by atoms with Gasteiger partial charge in [0.05, 0.1) is 0 Å². The SMILES string of the molecule is CC(C)(c1ccccc1)P(I)[B]Cl. The van der Waals surface area contributed by atoms with Crippen LogP contribution in [-0.2, 0) is 5.16 Å². The fraction of sp³-hybridized carbons (Fsp3) is 0.333. The molecule has 1 rings (SSSR count). The molecule has 0 N–H and O–H groups in total. The lowest BCUT2D eigenvalue weighted by Gasteiger charge is -2.29. The van der Waals surface area contributed by atoms with Gasteiger partial charge in [-0.25, -0.2) is 0 Å². The maximum Gasteiger partial charge on any atom is 0.283 e. The lowest BCUT2D eigenvalue weighted by atomic mass is 10.0. The predicted octanol–water partition coefficient (Wildman–Crippen LogP) is 4.53. The van der Waals surface area contributed by atoms with Crippen molar-refractivity contribution in [3.63, 3.8) is 0 Å². The largest absolute Gasteiger partial charge is 0.283 e. The van der Waals surface area contributed by atoms with Gasteiger partial charge in [-0.1, -0.05) is 71.7 Å². The third-order valence-electron chi connectivity index (χ3n) is 2.10. The van der Waals surface area contributed by atoms with Crippen LogP contribution in [0, 0.1) is 0 Å². The summed E-state index contributed by atoms with van der Waals surface area (Å²) in [5.41, 5.74) is 1.07. The van der Waals surface area contributed by atoms with Crippen LogP contribution in [0.1, 0.15) is 19.4 Å². The topological polar surface area (TPSA) is 0 Å². The molecule has 0 aliphatic heterocycles. The molecule has 1 aromatic rings. The van der Waals surface area contributed by atoms with Crippen LogP contribution >= 0.6 is 38.9 Å². The van der Waals surface area contributed by atoms with E-state index in [1.54, 1.807) is 6.41 Å². The lowest BCUT2D eigenvalue weighted by molar-refractivity contribution is 0.779. The van der Waals surface area contributed by atoms with Crippen LogP contribution in [0.25, 0.3) is 0 Å². The zero-order valence-electron chi connectivity index (χ0n) is 7.67. The van der Waals surface area contributed by atoms with E-state index in [1.165, 1.54) is 5.56 Å². The van der Waals surface area contributed by atoms with E-state index in [4.69, 9.17) is 11.5 Å². The van der Waals surface area contributed by atoms with Crippen LogP contribution in [0.4, 0.5) is 0 Å². The van der Waals surface area contributed by atoms with Crippen LogP contribution in [-0.4, -0.2) is 6.41 Å². The molecule has 0 saturated heterocycles. The van der Waals surface area contributed by atoms with Crippen molar-refractivity contribution in [2.24, 2.45) is 0 Å². The Kier molecular flexibility index (Phi) is 4.54. The first-order valence-corrected chi connectivity index (χ1v) is 8.66. The van der Waals surface area contributed by atoms with Crippen LogP contribution in [0.3, 0.4) is 0 Å². The molecule has 0 nitrogen and oxygen atoms in total. The summed E-state index contributed by atoms with van der Waals surface area (Å²) >= 11 is 8.21. The Morgan fingerprint density at radius 1 is 1.31 bits per heavy atom. The molecule has 0 heterocycles. The molecule has 4 heteroatoms. The summed E-state index contributed by atoms with van der Waals surface area (Å²) in [6.07, 6.45) is 1.79. The highest BCUT2D eigenvalue weighted by Gasteiger charge is 2.28. The first-order valence-electron chi connectivity index (χ1n) is 4.03. The van der Waals surface area contributed by atoms with Crippen molar-refractivity contribution >= 4 is 45.4 Å². The molecule has 0 spiro atoms. The van der Waals surface area contributed by atoms with Crippen LogP contribution in [0.2, 0.25) is 0 Å². The predicted molar refractivity (Wildman–Crippen MR) is 72.0 cm³/mol. The minimum atomic E-state index is -0.287. The second kappa shape index (κ2) is 5.00. The Labute approximate surface area is 99.8 Å². The van der Waals surface area contributed by atoms with Crippen molar-refractivity contribution in [2.45, 2.75) is 19.0 Å². The second-order valence-electron chi connectivity index (χ2n) is 3.33. The maximum absolute atomic E-state index is 5.78. The van der Waals surface area contributed by atoms with Crippen molar-refractivity contribution in [1.29, 1.82) is 0 Å². The van der Waals surface area contributed by atoms with E-state index >= 15 is 0 Å². The summed E-state index contributed by atoms with van der Waals surface area (Å²) in [7, 11) is 0. The van der Waals surface area contributed by atoms with Gasteiger partial charge >= 0.3 is 0 Å². The third kappa shape index (κ3) is 2.84. The molecule has 0 aliphatic rings. The smallest absolute Gasteiger partial charge is 0.196 e. The van der Waals surface area contributed by atoms with Gasteiger partial charge in [0.25, 0.3) is 6.41 Å². The summed E-state index contributed by atoms with van der Waals surface area (Å²) in [6, 6.07) is 10.5. The van der Waals surface area contributed by atoms with Gasteiger partial charge in [0.1, 0.15) is 0 Å². The van der Waals surface area contributed by atoms with E-state index in [9.17, 15) is 0 Å². The van der Waals surface area contributed by atoms with Crippen molar-refractivity contribution in [2.75, 3.05) is 0 Å². The molecule has 0 fully saturated rings. The van der Waals surface area contributed by atoms with Gasteiger partial charge in [-0.3, -0.25) is 0 Å². The Morgan fingerprint density at radius 2 is 1.85 bits per heavy atom. The Hall–Kier alpha value is 0.735. The standard InChI is InChI=1S/C9H11BClIP/c1-9(2,13(12)10-11)8-6-4-3-5-7-8/h3-7H,1-2H3. The first-order chi connectivity index (χ1) is 6.09. The van der Waals surface area contributed by atoms with E-state index in [-0.39, 0.29) is 10.6 Å².